The predicted octanol–water partition coefficient (Wildman–Crippen LogP) is 2.67. The van der Waals surface area contributed by atoms with E-state index in [0.717, 1.165) is 18.5 Å². The molecule has 1 aliphatic heterocycles. The molecule has 0 radical (unpaired) electrons. The zero-order chi connectivity index (χ0) is 12.3. The molecule has 3 nitrogen and oxygen atoms in total. The van der Waals surface area contributed by atoms with Crippen LogP contribution in [0.25, 0.3) is 0 Å². The Labute approximate surface area is 102 Å². The fraction of sp³-hybridized carbons (Fsp3) is 0.500. The summed E-state index contributed by atoms with van der Waals surface area (Å²) in [5.41, 5.74) is 3.80. The number of carbonyl (C=O) groups excluding carboxylic acids is 1. The van der Waals surface area contributed by atoms with Crippen molar-refractivity contribution >= 4 is 11.7 Å². The predicted molar refractivity (Wildman–Crippen MR) is 68.2 cm³/mol. The molecule has 0 bridgehead atoms. The van der Waals surface area contributed by atoms with E-state index in [0.29, 0.717) is 13.0 Å². The van der Waals surface area contributed by atoms with E-state index in [1.165, 1.54) is 11.1 Å². The lowest BCUT2D eigenvalue weighted by Crippen LogP contribution is -2.28. The van der Waals surface area contributed by atoms with Gasteiger partial charge in [-0.1, -0.05) is 17.7 Å². The summed E-state index contributed by atoms with van der Waals surface area (Å²) in [4.78, 5) is 11.4. The number of anilines is 1. The first-order chi connectivity index (χ1) is 8.19. The number of ether oxygens (including phenoxy) is 1. The lowest BCUT2D eigenvalue weighted by molar-refractivity contribution is -0.143. The van der Waals surface area contributed by atoms with Crippen LogP contribution in [0.1, 0.15) is 30.9 Å². The molecule has 0 fully saturated rings. The minimum Gasteiger partial charge on any atom is -0.466 e. The van der Waals surface area contributed by atoms with E-state index in [4.69, 9.17) is 4.74 Å². The first-order valence-electron chi connectivity index (χ1n) is 6.20. The van der Waals surface area contributed by atoms with Gasteiger partial charge in [0.1, 0.15) is 0 Å². The second-order valence-corrected chi connectivity index (χ2v) is 4.55. The highest BCUT2D eigenvalue weighted by molar-refractivity contribution is 5.71. The van der Waals surface area contributed by atoms with Gasteiger partial charge >= 0.3 is 5.97 Å². The summed E-state index contributed by atoms with van der Waals surface area (Å²) in [6.07, 6.45) is 2.49. The molecule has 92 valence electrons. The minimum absolute atomic E-state index is 0.111. The summed E-state index contributed by atoms with van der Waals surface area (Å²) in [6, 6.07) is 6.62. The minimum atomic E-state index is -0.111. The van der Waals surface area contributed by atoms with Crippen molar-refractivity contribution < 1.29 is 9.53 Å². The maximum absolute atomic E-state index is 11.4. The number of rotatable bonds is 3. The Morgan fingerprint density at radius 3 is 3.12 bits per heavy atom. The largest absolute Gasteiger partial charge is 0.466 e. The molecule has 0 saturated carbocycles. The van der Waals surface area contributed by atoms with Crippen LogP contribution in [0.15, 0.2) is 18.2 Å². The molecule has 2 rings (SSSR count). The van der Waals surface area contributed by atoms with Crippen LogP contribution in [-0.4, -0.2) is 18.6 Å². The molecule has 0 amide bonds. The molecule has 1 heterocycles. The summed E-state index contributed by atoms with van der Waals surface area (Å²) in [6.45, 7) is 4.40. The van der Waals surface area contributed by atoms with Gasteiger partial charge < -0.3 is 10.1 Å². The van der Waals surface area contributed by atoms with E-state index in [2.05, 4.69) is 30.4 Å². The van der Waals surface area contributed by atoms with E-state index in [1.54, 1.807) is 0 Å². The first kappa shape index (κ1) is 12.0. The Kier molecular flexibility index (Phi) is 3.67. The van der Waals surface area contributed by atoms with Crippen molar-refractivity contribution in [1.29, 1.82) is 0 Å². The van der Waals surface area contributed by atoms with Crippen molar-refractivity contribution in [2.24, 2.45) is 0 Å². The van der Waals surface area contributed by atoms with Crippen LogP contribution in [0.4, 0.5) is 5.69 Å². The fourth-order valence-electron chi connectivity index (χ4n) is 2.27. The van der Waals surface area contributed by atoms with Crippen LogP contribution in [0.5, 0.6) is 0 Å². The molecule has 0 saturated heterocycles. The maximum Gasteiger partial charge on any atom is 0.307 e. The number of esters is 1. The molecule has 1 unspecified atom stereocenters. The summed E-state index contributed by atoms with van der Waals surface area (Å²) in [7, 11) is 0. The molecule has 0 aromatic heterocycles. The number of carbonyl (C=O) groups is 1. The Hall–Kier alpha value is -1.51. The Bertz CT molecular complexity index is 415. The van der Waals surface area contributed by atoms with Crippen molar-refractivity contribution in [3.8, 4) is 0 Å². The van der Waals surface area contributed by atoms with Crippen molar-refractivity contribution in [2.45, 2.75) is 39.2 Å². The quantitative estimate of drug-likeness (QED) is 0.816. The van der Waals surface area contributed by atoms with Gasteiger partial charge in [0.2, 0.25) is 0 Å². The Balaban J connectivity index is 1.99. The SMILES string of the molecule is CCOC(=O)CC1CCc2cc(C)ccc2N1. The Morgan fingerprint density at radius 1 is 1.53 bits per heavy atom. The normalized spacial score (nSPS) is 18.1. The maximum atomic E-state index is 11.4. The van der Waals surface area contributed by atoms with E-state index in [-0.39, 0.29) is 12.0 Å². The molecule has 17 heavy (non-hydrogen) atoms. The van der Waals surface area contributed by atoms with Crippen LogP contribution in [0, 0.1) is 6.92 Å². The highest BCUT2D eigenvalue weighted by Crippen LogP contribution is 2.26. The standard InChI is InChI=1S/C14H19NO2/c1-3-17-14(16)9-12-6-5-11-8-10(2)4-7-13(11)15-12/h4,7-8,12,15H,3,5-6,9H2,1-2H3. The van der Waals surface area contributed by atoms with Crippen LogP contribution in [0.2, 0.25) is 0 Å². The third-order valence-corrected chi connectivity index (χ3v) is 3.10. The second kappa shape index (κ2) is 5.21. The number of aryl methyl sites for hydroxylation is 2. The van der Waals surface area contributed by atoms with Gasteiger partial charge in [-0.3, -0.25) is 4.79 Å². The van der Waals surface area contributed by atoms with Crippen molar-refractivity contribution in [3.05, 3.63) is 29.3 Å². The number of benzene rings is 1. The highest BCUT2D eigenvalue weighted by atomic mass is 16.5. The molecular formula is C14H19NO2. The van der Waals surface area contributed by atoms with Gasteiger partial charge in [-0.25, -0.2) is 0 Å². The molecule has 1 N–H and O–H groups in total. The van der Waals surface area contributed by atoms with Gasteiger partial charge in [0.15, 0.2) is 0 Å². The molecule has 0 spiro atoms. The number of hydrogen-bond acceptors (Lipinski definition) is 3. The topological polar surface area (TPSA) is 38.3 Å². The summed E-state index contributed by atoms with van der Waals surface area (Å²) < 4.78 is 4.97. The van der Waals surface area contributed by atoms with Gasteiger partial charge in [0, 0.05) is 11.7 Å². The molecule has 1 atom stereocenters. The number of fused-ring (bicyclic) bond motifs is 1. The summed E-state index contributed by atoms with van der Waals surface area (Å²) in [5, 5.41) is 3.41. The van der Waals surface area contributed by atoms with E-state index < -0.39 is 0 Å². The average Bonchev–Trinajstić information content (AvgIpc) is 2.29. The Morgan fingerprint density at radius 2 is 2.35 bits per heavy atom. The molecule has 1 aliphatic rings. The molecule has 1 aromatic carbocycles. The van der Waals surface area contributed by atoms with E-state index >= 15 is 0 Å². The zero-order valence-corrected chi connectivity index (χ0v) is 10.5. The number of hydrogen-bond donors (Lipinski definition) is 1. The summed E-state index contributed by atoms with van der Waals surface area (Å²) in [5.74, 6) is -0.111. The van der Waals surface area contributed by atoms with Gasteiger partial charge in [-0.15, -0.1) is 0 Å². The molecular weight excluding hydrogens is 214 g/mol. The lowest BCUT2D eigenvalue weighted by atomic mass is 9.95. The van der Waals surface area contributed by atoms with Crippen molar-refractivity contribution in [3.63, 3.8) is 0 Å². The van der Waals surface area contributed by atoms with Crippen LogP contribution >= 0.6 is 0 Å². The van der Waals surface area contributed by atoms with Crippen molar-refractivity contribution in [2.75, 3.05) is 11.9 Å². The molecule has 3 heteroatoms. The first-order valence-corrected chi connectivity index (χ1v) is 6.20. The van der Waals surface area contributed by atoms with E-state index in [1.807, 2.05) is 6.92 Å². The number of nitrogens with one attached hydrogen (secondary N) is 1. The third-order valence-electron chi connectivity index (χ3n) is 3.10. The molecule has 1 aromatic rings. The van der Waals surface area contributed by atoms with Gasteiger partial charge in [-0.05, 0) is 38.3 Å². The third kappa shape index (κ3) is 2.99. The van der Waals surface area contributed by atoms with Gasteiger partial charge in [-0.2, -0.15) is 0 Å². The summed E-state index contributed by atoms with van der Waals surface area (Å²) >= 11 is 0. The van der Waals surface area contributed by atoms with Crippen LogP contribution < -0.4 is 5.32 Å². The smallest absolute Gasteiger partial charge is 0.307 e. The van der Waals surface area contributed by atoms with Crippen LogP contribution in [0.3, 0.4) is 0 Å². The lowest BCUT2D eigenvalue weighted by Gasteiger charge is -2.26. The van der Waals surface area contributed by atoms with Crippen molar-refractivity contribution in [1.82, 2.24) is 0 Å². The van der Waals surface area contributed by atoms with Gasteiger partial charge in [0.25, 0.3) is 0 Å². The second-order valence-electron chi connectivity index (χ2n) is 4.55. The fourth-order valence-corrected chi connectivity index (χ4v) is 2.27. The average molecular weight is 233 g/mol. The molecule has 0 aliphatic carbocycles. The highest BCUT2D eigenvalue weighted by Gasteiger charge is 2.20. The van der Waals surface area contributed by atoms with E-state index in [9.17, 15) is 4.79 Å². The zero-order valence-electron chi connectivity index (χ0n) is 10.5. The monoisotopic (exact) mass is 233 g/mol. The van der Waals surface area contributed by atoms with Gasteiger partial charge in [0.05, 0.1) is 13.0 Å². The van der Waals surface area contributed by atoms with Crippen LogP contribution in [-0.2, 0) is 16.0 Å².